The molecule has 5 heteroatoms. The monoisotopic (exact) mass is 289 g/mol. The highest BCUT2D eigenvalue weighted by atomic mass is 32.2. The Morgan fingerprint density at radius 3 is 2.55 bits per heavy atom. The fourth-order valence-corrected chi connectivity index (χ4v) is 2.85. The molecule has 104 valence electrons. The van der Waals surface area contributed by atoms with Crippen molar-refractivity contribution in [2.24, 2.45) is 0 Å². The molecule has 4 nitrogen and oxygen atoms in total. The third kappa shape index (κ3) is 3.24. The second-order valence-corrected chi connectivity index (χ2v) is 5.30. The number of nitrogens with two attached hydrogens (primary N) is 1. The van der Waals surface area contributed by atoms with E-state index in [4.69, 9.17) is 10.5 Å². The molecule has 3 N–H and O–H groups in total. The molecule has 2 aromatic rings. The summed E-state index contributed by atoms with van der Waals surface area (Å²) in [5.41, 5.74) is 7.02. The quantitative estimate of drug-likeness (QED) is 0.653. The SMILES string of the molecule is COc1cc(N)ccc1SC(C(=O)O)c1ccccc1. The Morgan fingerprint density at radius 1 is 1.25 bits per heavy atom. The molecular formula is C15H15NO3S. The Labute approximate surface area is 121 Å². The minimum absolute atomic E-state index is 0.581. The summed E-state index contributed by atoms with van der Waals surface area (Å²) in [7, 11) is 1.54. The Balaban J connectivity index is 2.32. The molecule has 0 aliphatic rings. The van der Waals surface area contributed by atoms with Crippen molar-refractivity contribution in [3.05, 3.63) is 54.1 Å². The van der Waals surface area contributed by atoms with Crippen LogP contribution in [0.15, 0.2) is 53.4 Å². The second-order valence-electron chi connectivity index (χ2n) is 4.16. The number of hydrogen-bond donors (Lipinski definition) is 2. The van der Waals surface area contributed by atoms with Crippen LogP contribution in [0.3, 0.4) is 0 Å². The molecular weight excluding hydrogens is 274 g/mol. The van der Waals surface area contributed by atoms with E-state index in [1.807, 2.05) is 18.2 Å². The van der Waals surface area contributed by atoms with Gasteiger partial charge in [-0.2, -0.15) is 0 Å². The van der Waals surface area contributed by atoms with Gasteiger partial charge in [0.2, 0.25) is 0 Å². The van der Waals surface area contributed by atoms with Crippen LogP contribution in [0.25, 0.3) is 0 Å². The molecule has 0 fully saturated rings. The van der Waals surface area contributed by atoms with Crippen molar-refractivity contribution in [3.8, 4) is 5.75 Å². The first-order chi connectivity index (χ1) is 9.61. The van der Waals surface area contributed by atoms with Crippen molar-refractivity contribution in [2.45, 2.75) is 10.1 Å². The number of thioether (sulfide) groups is 1. The van der Waals surface area contributed by atoms with Gasteiger partial charge in [-0.3, -0.25) is 4.79 Å². The van der Waals surface area contributed by atoms with Gasteiger partial charge in [-0.25, -0.2) is 0 Å². The van der Waals surface area contributed by atoms with Crippen LogP contribution in [0.1, 0.15) is 10.8 Å². The Kier molecular flexibility index (Phi) is 4.53. The summed E-state index contributed by atoms with van der Waals surface area (Å²) in [5.74, 6) is -0.308. The minimum Gasteiger partial charge on any atom is -0.496 e. The Hall–Kier alpha value is -2.14. The van der Waals surface area contributed by atoms with Crippen LogP contribution in [0, 0.1) is 0 Å². The van der Waals surface area contributed by atoms with Crippen LogP contribution < -0.4 is 10.5 Å². The van der Waals surface area contributed by atoms with Crippen molar-refractivity contribution in [3.63, 3.8) is 0 Å². The number of nitrogen functional groups attached to an aromatic ring is 1. The van der Waals surface area contributed by atoms with Crippen molar-refractivity contribution in [1.29, 1.82) is 0 Å². The fourth-order valence-electron chi connectivity index (χ4n) is 1.80. The van der Waals surface area contributed by atoms with Crippen LogP contribution in [-0.2, 0) is 4.79 Å². The maximum absolute atomic E-state index is 11.5. The average molecular weight is 289 g/mol. The van der Waals surface area contributed by atoms with E-state index in [1.54, 1.807) is 30.3 Å². The predicted octanol–water partition coefficient (Wildman–Crippen LogP) is 3.20. The van der Waals surface area contributed by atoms with Crippen LogP contribution in [0.4, 0.5) is 5.69 Å². The standard InChI is InChI=1S/C15H15NO3S/c1-19-12-9-11(16)7-8-13(12)20-14(15(17)18)10-5-3-2-4-6-10/h2-9,14H,16H2,1H3,(H,17,18). The number of anilines is 1. The zero-order valence-electron chi connectivity index (χ0n) is 10.9. The Bertz CT molecular complexity index is 601. The van der Waals surface area contributed by atoms with Crippen molar-refractivity contribution >= 4 is 23.4 Å². The van der Waals surface area contributed by atoms with Gasteiger partial charge in [-0.05, 0) is 17.7 Å². The van der Waals surface area contributed by atoms with E-state index >= 15 is 0 Å². The lowest BCUT2D eigenvalue weighted by molar-refractivity contribution is -0.136. The molecule has 0 aromatic heterocycles. The zero-order valence-corrected chi connectivity index (χ0v) is 11.8. The largest absolute Gasteiger partial charge is 0.496 e. The van der Waals surface area contributed by atoms with E-state index in [2.05, 4.69) is 0 Å². The first-order valence-corrected chi connectivity index (χ1v) is 6.87. The highest BCUT2D eigenvalue weighted by Crippen LogP contribution is 2.40. The van der Waals surface area contributed by atoms with E-state index in [0.717, 1.165) is 10.5 Å². The summed E-state index contributed by atoms with van der Waals surface area (Å²) in [6.07, 6.45) is 0. The zero-order chi connectivity index (χ0) is 14.5. The molecule has 0 aliphatic heterocycles. The van der Waals surface area contributed by atoms with Crippen molar-refractivity contribution in [2.75, 3.05) is 12.8 Å². The van der Waals surface area contributed by atoms with Gasteiger partial charge in [0.05, 0.1) is 12.0 Å². The number of carboxylic acids is 1. The van der Waals surface area contributed by atoms with Gasteiger partial charge in [-0.1, -0.05) is 30.3 Å². The first-order valence-electron chi connectivity index (χ1n) is 5.99. The minimum atomic E-state index is -0.889. The van der Waals surface area contributed by atoms with Crippen LogP contribution in [0.5, 0.6) is 5.75 Å². The second kappa shape index (κ2) is 6.34. The predicted molar refractivity (Wildman–Crippen MR) is 80.1 cm³/mol. The summed E-state index contributed by atoms with van der Waals surface area (Å²) < 4.78 is 5.25. The third-order valence-corrected chi connectivity index (χ3v) is 4.06. The summed E-state index contributed by atoms with van der Waals surface area (Å²) in [5, 5.41) is 8.73. The molecule has 0 saturated heterocycles. The van der Waals surface area contributed by atoms with Crippen LogP contribution in [-0.4, -0.2) is 18.2 Å². The molecule has 2 aromatic carbocycles. The van der Waals surface area contributed by atoms with E-state index in [-0.39, 0.29) is 0 Å². The fraction of sp³-hybridized carbons (Fsp3) is 0.133. The summed E-state index contributed by atoms with van der Waals surface area (Å²) in [4.78, 5) is 12.2. The lowest BCUT2D eigenvalue weighted by atomic mass is 10.1. The van der Waals surface area contributed by atoms with Gasteiger partial charge in [0.1, 0.15) is 11.0 Å². The third-order valence-electron chi connectivity index (χ3n) is 2.76. The number of methoxy groups -OCH3 is 1. The summed E-state index contributed by atoms with van der Waals surface area (Å²) in [6, 6.07) is 14.3. The molecule has 0 radical (unpaired) electrons. The van der Waals surface area contributed by atoms with Crippen LogP contribution in [0.2, 0.25) is 0 Å². The number of benzene rings is 2. The topological polar surface area (TPSA) is 72.5 Å². The lowest BCUT2D eigenvalue weighted by Gasteiger charge is -2.15. The average Bonchev–Trinajstić information content (AvgIpc) is 2.46. The van der Waals surface area contributed by atoms with Gasteiger partial charge in [-0.15, -0.1) is 11.8 Å². The van der Waals surface area contributed by atoms with Gasteiger partial charge in [0.15, 0.2) is 0 Å². The normalized spacial score (nSPS) is 11.8. The first kappa shape index (κ1) is 14.3. The molecule has 0 amide bonds. The van der Waals surface area contributed by atoms with Gasteiger partial charge < -0.3 is 15.6 Å². The lowest BCUT2D eigenvalue weighted by Crippen LogP contribution is -2.08. The summed E-state index contributed by atoms with van der Waals surface area (Å²) in [6.45, 7) is 0. The van der Waals surface area contributed by atoms with Gasteiger partial charge in [0, 0.05) is 11.8 Å². The van der Waals surface area contributed by atoms with E-state index in [1.165, 1.54) is 18.9 Å². The number of carbonyl (C=O) groups is 1. The molecule has 0 bridgehead atoms. The molecule has 2 rings (SSSR count). The molecule has 0 saturated carbocycles. The maximum atomic E-state index is 11.5. The molecule has 1 unspecified atom stereocenters. The number of ether oxygens (including phenoxy) is 1. The number of rotatable bonds is 5. The highest BCUT2D eigenvalue weighted by molar-refractivity contribution is 8.00. The molecule has 1 atom stereocenters. The van der Waals surface area contributed by atoms with E-state index < -0.39 is 11.2 Å². The molecule has 0 aliphatic carbocycles. The van der Waals surface area contributed by atoms with Crippen LogP contribution >= 0.6 is 11.8 Å². The van der Waals surface area contributed by atoms with Crippen molar-refractivity contribution < 1.29 is 14.6 Å². The maximum Gasteiger partial charge on any atom is 0.321 e. The Morgan fingerprint density at radius 2 is 1.95 bits per heavy atom. The molecule has 0 spiro atoms. The van der Waals surface area contributed by atoms with E-state index in [9.17, 15) is 9.90 Å². The van der Waals surface area contributed by atoms with Gasteiger partial charge in [0.25, 0.3) is 0 Å². The number of carboxylic acid groups (broad SMARTS) is 1. The van der Waals surface area contributed by atoms with Gasteiger partial charge >= 0.3 is 5.97 Å². The number of aliphatic carboxylic acids is 1. The molecule has 0 heterocycles. The van der Waals surface area contributed by atoms with Crippen molar-refractivity contribution in [1.82, 2.24) is 0 Å². The highest BCUT2D eigenvalue weighted by Gasteiger charge is 2.22. The molecule has 20 heavy (non-hydrogen) atoms. The number of hydrogen-bond acceptors (Lipinski definition) is 4. The summed E-state index contributed by atoms with van der Waals surface area (Å²) >= 11 is 1.23. The smallest absolute Gasteiger partial charge is 0.321 e. The van der Waals surface area contributed by atoms with E-state index in [0.29, 0.717) is 11.4 Å².